The number of methoxy groups -OCH3 is 1. The molecule has 0 radical (unpaired) electrons. The Morgan fingerprint density at radius 1 is 1.19 bits per heavy atom. The van der Waals surface area contributed by atoms with Crippen LogP contribution in [0.4, 0.5) is 0 Å². The summed E-state index contributed by atoms with van der Waals surface area (Å²) >= 11 is 0. The lowest BCUT2D eigenvalue weighted by molar-refractivity contribution is -0.141. The molecule has 0 heterocycles. The molecule has 0 aromatic carbocycles. The second-order valence-corrected chi connectivity index (χ2v) is 4.28. The maximum atomic E-state index is 11.2. The van der Waals surface area contributed by atoms with Crippen LogP contribution in [0, 0.1) is 0 Å². The van der Waals surface area contributed by atoms with Gasteiger partial charge in [-0.2, -0.15) is 0 Å². The largest absolute Gasteiger partial charge is 0.469 e. The third-order valence-electron chi connectivity index (χ3n) is 2.73. The summed E-state index contributed by atoms with van der Waals surface area (Å²) in [5.74, 6) is -0.107. The summed E-state index contributed by atoms with van der Waals surface area (Å²) < 4.78 is 4.71. The Labute approximate surface area is 99.9 Å². The highest BCUT2D eigenvalue weighted by molar-refractivity contribution is 5.69. The van der Waals surface area contributed by atoms with Crippen molar-refractivity contribution in [2.45, 2.75) is 64.8 Å². The summed E-state index contributed by atoms with van der Waals surface area (Å²) in [6.45, 7) is 5.33. The average molecular weight is 229 g/mol. The second kappa shape index (κ2) is 10.9. The van der Waals surface area contributed by atoms with Crippen LogP contribution in [-0.4, -0.2) is 25.7 Å². The standard InChI is InChI=1S/C13H27NO2/c1-4-6-7-8-9-12(14-10-5-2)11-13(15)16-3/h12,14H,4-11H2,1-3H3. The van der Waals surface area contributed by atoms with E-state index in [1.54, 1.807) is 0 Å². The molecule has 0 fully saturated rings. The maximum absolute atomic E-state index is 11.2. The highest BCUT2D eigenvalue weighted by Gasteiger charge is 2.12. The number of ether oxygens (including phenoxy) is 1. The lowest BCUT2D eigenvalue weighted by Gasteiger charge is -2.17. The van der Waals surface area contributed by atoms with E-state index in [1.165, 1.54) is 32.8 Å². The fourth-order valence-electron chi connectivity index (χ4n) is 1.73. The summed E-state index contributed by atoms with van der Waals surface area (Å²) in [6, 6.07) is 0.296. The Hall–Kier alpha value is -0.570. The first-order chi connectivity index (χ1) is 7.74. The van der Waals surface area contributed by atoms with Crippen molar-refractivity contribution in [3.05, 3.63) is 0 Å². The number of esters is 1. The molecule has 0 aliphatic rings. The zero-order chi connectivity index (χ0) is 12.2. The molecule has 1 atom stereocenters. The Morgan fingerprint density at radius 3 is 2.50 bits per heavy atom. The van der Waals surface area contributed by atoms with Gasteiger partial charge in [-0.25, -0.2) is 0 Å². The summed E-state index contributed by atoms with van der Waals surface area (Å²) in [5, 5.41) is 3.41. The van der Waals surface area contributed by atoms with E-state index in [0.29, 0.717) is 12.5 Å². The number of carbonyl (C=O) groups excluding carboxylic acids is 1. The van der Waals surface area contributed by atoms with Crippen LogP contribution in [0.15, 0.2) is 0 Å². The zero-order valence-electron chi connectivity index (χ0n) is 11.1. The smallest absolute Gasteiger partial charge is 0.307 e. The maximum Gasteiger partial charge on any atom is 0.307 e. The van der Waals surface area contributed by atoms with Crippen LogP contribution >= 0.6 is 0 Å². The molecular formula is C13H27NO2. The van der Waals surface area contributed by atoms with Gasteiger partial charge in [0.25, 0.3) is 0 Å². The Kier molecular flexibility index (Phi) is 10.5. The normalized spacial score (nSPS) is 12.4. The molecule has 0 bridgehead atoms. The van der Waals surface area contributed by atoms with Crippen LogP contribution in [0.2, 0.25) is 0 Å². The van der Waals surface area contributed by atoms with Crippen LogP contribution in [0.1, 0.15) is 58.8 Å². The molecule has 96 valence electrons. The first-order valence-corrected chi connectivity index (χ1v) is 6.54. The number of unbranched alkanes of at least 4 members (excludes halogenated alkanes) is 3. The first kappa shape index (κ1) is 15.4. The molecule has 16 heavy (non-hydrogen) atoms. The van der Waals surface area contributed by atoms with E-state index in [9.17, 15) is 4.79 Å². The molecular weight excluding hydrogens is 202 g/mol. The SMILES string of the molecule is CCCCCCC(CC(=O)OC)NCCC. The van der Waals surface area contributed by atoms with E-state index in [1.807, 2.05) is 0 Å². The van der Waals surface area contributed by atoms with Crippen LogP contribution < -0.4 is 5.32 Å². The summed E-state index contributed by atoms with van der Waals surface area (Å²) in [7, 11) is 1.45. The van der Waals surface area contributed by atoms with Crippen molar-refractivity contribution < 1.29 is 9.53 Å². The van der Waals surface area contributed by atoms with E-state index < -0.39 is 0 Å². The van der Waals surface area contributed by atoms with Crippen LogP contribution in [-0.2, 0) is 9.53 Å². The molecule has 0 saturated heterocycles. The van der Waals surface area contributed by atoms with Crippen LogP contribution in [0.3, 0.4) is 0 Å². The molecule has 1 unspecified atom stereocenters. The molecule has 0 aromatic rings. The van der Waals surface area contributed by atoms with Crippen LogP contribution in [0.5, 0.6) is 0 Å². The third kappa shape index (κ3) is 8.72. The molecule has 3 heteroatoms. The lowest BCUT2D eigenvalue weighted by atomic mass is 10.0. The molecule has 0 saturated carbocycles. The topological polar surface area (TPSA) is 38.3 Å². The highest BCUT2D eigenvalue weighted by atomic mass is 16.5. The Morgan fingerprint density at radius 2 is 1.94 bits per heavy atom. The Balaban J connectivity index is 3.75. The fraction of sp³-hybridized carbons (Fsp3) is 0.923. The minimum absolute atomic E-state index is 0.107. The van der Waals surface area contributed by atoms with Gasteiger partial charge < -0.3 is 10.1 Å². The van der Waals surface area contributed by atoms with Gasteiger partial charge in [0.05, 0.1) is 13.5 Å². The highest BCUT2D eigenvalue weighted by Crippen LogP contribution is 2.08. The minimum Gasteiger partial charge on any atom is -0.469 e. The van der Waals surface area contributed by atoms with Crippen molar-refractivity contribution in [3.63, 3.8) is 0 Å². The van der Waals surface area contributed by atoms with Crippen molar-refractivity contribution in [2.75, 3.05) is 13.7 Å². The minimum atomic E-state index is -0.107. The van der Waals surface area contributed by atoms with Gasteiger partial charge in [0.15, 0.2) is 0 Å². The molecule has 0 rings (SSSR count). The van der Waals surface area contributed by atoms with Crippen molar-refractivity contribution in [2.24, 2.45) is 0 Å². The number of nitrogens with one attached hydrogen (secondary N) is 1. The van der Waals surface area contributed by atoms with E-state index >= 15 is 0 Å². The lowest BCUT2D eigenvalue weighted by Crippen LogP contribution is -2.32. The quantitative estimate of drug-likeness (QED) is 0.462. The number of hydrogen-bond donors (Lipinski definition) is 1. The molecule has 0 aliphatic carbocycles. The monoisotopic (exact) mass is 229 g/mol. The van der Waals surface area contributed by atoms with Crippen LogP contribution in [0.25, 0.3) is 0 Å². The average Bonchev–Trinajstić information content (AvgIpc) is 2.30. The third-order valence-corrected chi connectivity index (χ3v) is 2.73. The molecule has 0 aliphatic heterocycles. The predicted molar refractivity (Wildman–Crippen MR) is 67.5 cm³/mol. The molecule has 3 nitrogen and oxygen atoms in total. The van der Waals surface area contributed by atoms with Gasteiger partial charge in [-0.15, -0.1) is 0 Å². The molecule has 0 spiro atoms. The van der Waals surface area contributed by atoms with Crippen molar-refractivity contribution >= 4 is 5.97 Å². The zero-order valence-corrected chi connectivity index (χ0v) is 11.1. The van der Waals surface area contributed by atoms with Gasteiger partial charge in [-0.3, -0.25) is 4.79 Å². The summed E-state index contributed by atoms with van der Waals surface area (Å²) in [4.78, 5) is 11.2. The summed E-state index contributed by atoms with van der Waals surface area (Å²) in [6.07, 6.45) is 7.70. The first-order valence-electron chi connectivity index (χ1n) is 6.54. The molecule has 0 aromatic heterocycles. The number of carbonyl (C=O) groups is 1. The number of rotatable bonds is 10. The van der Waals surface area contributed by atoms with Gasteiger partial charge >= 0.3 is 5.97 Å². The van der Waals surface area contributed by atoms with Crippen molar-refractivity contribution in [3.8, 4) is 0 Å². The molecule has 0 amide bonds. The van der Waals surface area contributed by atoms with Crippen molar-refractivity contribution in [1.29, 1.82) is 0 Å². The van der Waals surface area contributed by atoms with E-state index in [4.69, 9.17) is 4.74 Å². The van der Waals surface area contributed by atoms with E-state index in [-0.39, 0.29) is 5.97 Å². The van der Waals surface area contributed by atoms with Crippen molar-refractivity contribution in [1.82, 2.24) is 5.32 Å². The number of hydrogen-bond acceptors (Lipinski definition) is 3. The van der Waals surface area contributed by atoms with Gasteiger partial charge in [0.1, 0.15) is 0 Å². The second-order valence-electron chi connectivity index (χ2n) is 4.28. The van der Waals surface area contributed by atoms with Gasteiger partial charge in [-0.1, -0.05) is 39.5 Å². The fourth-order valence-corrected chi connectivity index (χ4v) is 1.73. The summed E-state index contributed by atoms with van der Waals surface area (Å²) in [5.41, 5.74) is 0. The van der Waals surface area contributed by atoms with Gasteiger partial charge in [-0.05, 0) is 19.4 Å². The Bertz CT molecular complexity index is 171. The van der Waals surface area contributed by atoms with E-state index in [0.717, 1.165) is 19.4 Å². The molecule has 1 N–H and O–H groups in total. The van der Waals surface area contributed by atoms with E-state index in [2.05, 4.69) is 19.2 Å². The van der Waals surface area contributed by atoms with Gasteiger partial charge in [0.2, 0.25) is 0 Å². The predicted octanol–water partition coefficient (Wildman–Crippen LogP) is 2.89. The van der Waals surface area contributed by atoms with Gasteiger partial charge in [0, 0.05) is 6.04 Å².